The Labute approximate surface area is 67.7 Å². The molecule has 0 atom stereocenters. The third kappa shape index (κ3) is 10.0. The summed E-state index contributed by atoms with van der Waals surface area (Å²) in [6.07, 6.45) is 0. The normalized spacial score (nSPS) is 7.75. The van der Waals surface area contributed by atoms with Gasteiger partial charge in [-0.25, -0.2) is 0 Å². The van der Waals surface area contributed by atoms with Gasteiger partial charge in [0.1, 0.15) is 0 Å². The van der Waals surface area contributed by atoms with Crippen LogP contribution in [-0.4, -0.2) is 29.1 Å². The number of halogens is 1. The highest BCUT2D eigenvalue weighted by Crippen LogP contribution is 1.70. The van der Waals surface area contributed by atoms with E-state index >= 15 is 0 Å². The molecule has 0 spiro atoms. The zero-order valence-corrected chi connectivity index (χ0v) is 8.08. The molecule has 0 bridgehead atoms. The first kappa shape index (κ1) is 11.7. The summed E-state index contributed by atoms with van der Waals surface area (Å²) >= 11 is -0.178. The van der Waals surface area contributed by atoms with Gasteiger partial charge in [-0.05, 0) is 13.8 Å². The molecular formula is C4H11AlBrO2. The lowest BCUT2D eigenvalue weighted by Gasteiger charge is -1.95. The van der Waals surface area contributed by atoms with Crippen LogP contribution in [0, 0.1) is 0 Å². The van der Waals surface area contributed by atoms with E-state index in [0.717, 1.165) is 13.2 Å². The quantitative estimate of drug-likeness (QED) is 0.498. The Balaban J connectivity index is 0. The molecule has 0 amide bonds. The molecule has 0 aliphatic carbocycles. The molecule has 49 valence electrons. The molecule has 4 heteroatoms. The fourth-order valence-corrected chi connectivity index (χ4v) is 0.553. The summed E-state index contributed by atoms with van der Waals surface area (Å²) in [5.41, 5.74) is 0. The predicted molar refractivity (Wildman–Crippen MR) is 39.3 cm³/mol. The summed E-state index contributed by atoms with van der Waals surface area (Å²) < 4.78 is 9.87. The topological polar surface area (TPSA) is 18.5 Å². The SMILES string of the molecule is Br.CC[O][Al][O]CC. The zero-order valence-electron chi connectivity index (χ0n) is 5.22. The first-order valence-electron chi connectivity index (χ1n) is 2.46. The van der Waals surface area contributed by atoms with Crippen molar-refractivity contribution in [1.29, 1.82) is 0 Å². The zero-order chi connectivity index (χ0) is 5.54. The largest absolute Gasteiger partial charge is 0.668 e. The van der Waals surface area contributed by atoms with E-state index in [4.69, 9.17) is 7.58 Å². The summed E-state index contributed by atoms with van der Waals surface area (Å²) in [4.78, 5) is 0. The van der Waals surface area contributed by atoms with Crippen molar-refractivity contribution in [3.63, 3.8) is 0 Å². The molecule has 0 aromatic heterocycles. The van der Waals surface area contributed by atoms with E-state index in [0.29, 0.717) is 0 Å². The van der Waals surface area contributed by atoms with Gasteiger partial charge >= 0.3 is 15.9 Å². The molecule has 8 heavy (non-hydrogen) atoms. The van der Waals surface area contributed by atoms with Crippen LogP contribution in [0.3, 0.4) is 0 Å². The number of hydrogen-bond donors (Lipinski definition) is 0. The van der Waals surface area contributed by atoms with Gasteiger partial charge in [0, 0.05) is 13.2 Å². The predicted octanol–water partition coefficient (Wildman–Crippen LogP) is 1.17. The minimum atomic E-state index is -0.178. The second-order valence-electron chi connectivity index (χ2n) is 1.01. The van der Waals surface area contributed by atoms with Crippen molar-refractivity contribution in [2.45, 2.75) is 13.8 Å². The minimum absolute atomic E-state index is 0. The van der Waals surface area contributed by atoms with Gasteiger partial charge in [0.2, 0.25) is 0 Å². The number of rotatable bonds is 4. The molecule has 0 rings (SSSR count). The Morgan fingerprint density at radius 2 is 1.50 bits per heavy atom. The standard InChI is InChI=1S/2C2H5O.Al.BrH/c2*1-2-3;;/h2*2H2,1H3;;1H/q2*-1;+2;. The Morgan fingerprint density at radius 1 is 1.12 bits per heavy atom. The molecule has 0 saturated carbocycles. The molecule has 0 aliphatic rings. The average molecular weight is 198 g/mol. The van der Waals surface area contributed by atoms with Gasteiger partial charge in [-0.15, -0.1) is 17.0 Å². The van der Waals surface area contributed by atoms with E-state index in [9.17, 15) is 0 Å². The lowest BCUT2D eigenvalue weighted by molar-refractivity contribution is 0.240. The van der Waals surface area contributed by atoms with Crippen molar-refractivity contribution in [3.8, 4) is 0 Å². The van der Waals surface area contributed by atoms with Gasteiger partial charge in [0.05, 0.1) is 0 Å². The maximum absolute atomic E-state index is 4.94. The maximum atomic E-state index is 4.94. The van der Waals surface area contributed by atoms with E-state index in [1.54, 1.807) is 0 Å². The first-order chi connectivity index (χ1) is 3.41. The Morgan fingerprint density at radius 3 is 1.75 bits per heavy atom. The molecule has 0 saturated heterocycles. The molecule has 2 nitrogen and oxygen atoms in total. The molecule has 1 radical (unpaired) electrons. The van der Waals surface area contributed by atoms with Crippen LogP contribution in [0.25, 0.3) is 0 Å². The van der Waals surface area contributed by atoms with Crippen LogP contribution < -0.4 is 0 Å². The average Bonchev–Trinajstić information content (AvgIpc) is 1.69. The summed E-state index contributed by atoms with van der Waals surface area (Å²) in [5.74, 6) is 0. The molecule has 0 unspecified atom stereocenters. The van der Waals surface area contributed by atoms with Gasteiger partial charge in [0.25, 0.3) is 0 Å². The Bertz CT molecular complexity index is 33.2. The van der Waals surface area contributed by atoms with Crippen LogP contribution in [0.1, 0.15) is 13.8 Å². The lowest BCUT2D eigenvalue weighted by Crippen LogP contribution is -2.02. The molecule has 0 heterocycles. The van der Waals surface area contributed by atoms with E-state index in [1.165, 1.54) is 0 Å². The second-order valence-corrected chi connectivity index (χ2v) is 1.87. The van der Waals surface area contributed by atoms with Gasteiger partial charge in [-0.3, -0.25) is 0 Å². The third-order valence-electron chi connectivity index (χ3n) is 0.469. The molecule has 0 N–H and O–H groups in total. The smallest absolute Gasteiger partial charge is 0.484 e. The number of hydrogen-bond acceptors (Lipinski definition) is 2. The van der Waals surface area contributed by atoms with E-state index in [-0.39, 0.29) is 32.9 Å². The van der Waals surface area contributed by atoms with Gasteiger partial charge in [-0.1, -0.05) is 0 Å². The lowest BCUT2D eigenvalue weighted by atomic mass is 10.9. The minimum Gasteiger partial charge on any atom is -0.484 e. The van der Waals surface area contributed by atoms with Gasteiger partial charge in [-0.2, -0.15) is 0 Å². The molecule has 0 aliphatic heterocycles. The van der Waals surface area contributed by atoms with Gasteiger partial charge < -0.3 is 7.58 Å². The van der Waals surface area contributed by atoms with Crippen LogP contribution in [0.4, 0.5) is 0 Å². The van der Waals surface area contributed by atoms with E-state index in [2.05, 4.69) is 0 Å². The molecule has 0 aromatic carbocycles. The highest BCUT2D eigenvalue weighted by Gasteiger charge is 1.89. The first-order valence-corrected chi connectivity index (χ1v) is 3.41. The fraction of sp³-hybridized carbons (Fsp3) is 1.00. The van der Waals surface area contributed by atoms with Crippen molar-refractivity contribution in [3.05, 3.63) is 0 Å². The molecular weight excluding hydrogens is 187 g/mol. The van der Waals surface area contributed by atoms with Crippen molar-refractivity contribution < 1.29 is 7.58 Å². The second kappa shape index (κ2) is 10.8. The summed E-state index contributed by atoms with van der Waals surface area (Å²) in [7, 11) is 0. The Kier molecular flexibility index (Phi) is 15.8. The highest BCUT2D eigenvalue weighted by atomic mass is 79.9. The monoisotopic (exact) mass is 197 g/mol. The van der Waals surface area contributed by atoms with Crippen molar-refractivity contribution in [1.82, 2.24) is 0 Å². The fourth-order valence-electron chi connectivity index (χ4n) is 0.184. The van der Waals surface area contributed by atoms with Gasteiger partial charge in [0.15, 0.2) is 0 Å². The van der Waals surface area contributed by atoms with Crippen molar-refractivity contribution >= 4 is 32.9 Å². The summed E-state index contributed by atoms with van der Waals surface area (Å²) in [5, 5.41) is 0. The maximum Gasteiger partial charge on any atom is 0.668 e. The van der Waals surface area contributed by atoms with E-state index < -0.39 is 0 Å². The van der Waals surface area contributed by atoms with Crippen molar-refractivity contribution in [2.75, 3.05) is 13.2 Å². The van der Waals surface area contributed by atoms with Crippen LogP contribution >= 0.6 is 17.0 Å². The molecule has 0 aromatic rings. The van der Waals surface area contributed by atoms with Crippen LogP contribution in [0.2, 0.25) is 0 Å². The van der Waals surface area contributed by atoms with E-state index in [1.807, 2.05) is 13.8 Å². The van der Waals surface area contributed by atoms with Crippen molar-refractivity contribution in [2.24, 2.45) is 0 Å². The summed E-state index contributed by atoms with van der Waals surface area (Å²) in [6, 6.07) is 0. The highest BCUT2D eigenvalue weighted by molar-refractivity contribution is 8.93. The Hall–Kier alpha value is 0.932. The van der Waals surface area contributed by atoms with Crippen LogP contribution in [-0.2, 0) is 7.58 Å². The van der Waals surface area contributed by atoms with Crippen LogP contribution in [0.5, 0.6) is 0 Å². The third-order valence-corrected chi connectivity index (χ3v) is 1.41. The summed E-state index contributed by atoms with van der Waals surface area (Å²) in [6.45, 7) is 5.47. The molecule has 0 fully saturated rings. The van der Waals surface area contributed by atoms with Crippen LogP contribution in [0.15, 0.2) is 0 Å².